The minimum Gasteiger partial charge on any atom is -0.347 e. The number of rotatable bonds is 5. The largest absolute Gasteiger partial charge is 0.347 e. The average Bonchev–Trinajstić information content (AvgIpc) is 2.78. The van der Waals surface area contributed by atoms with E-state index in [4.69, 9.17) is 17.3 Å². The number of halogens is 1. The predicted octanol–water partition coefficient (Wildman–Crippen LogP) is 2.99. The van der Waals surface area contributed by atoms with Gasteiger partial charge in [-0.25, -0.2) is 0 Å². The second-order valence-electron chi connectivity index (χ2n) is 4.84. The van der Waals surface area contributed by atoms with Crippen LogP contribution in [0.5, 0.6) is 0 Å². The van der Waals surface area contributed by atoms with E-state index in [0.717, 1.165) is 17.7 Å². The normalized spacial score (nSPS) is 12.3. The lowest BCUT2D eigenvalue weighted by atomic mass is 10.1. The van der Waals surface area contributed by atoms with E-state index in [2.05, 4.69) is 4.57 Å². The van der Waals surface area contributed by atoms with Crippen molar-refractivity contribution in [3.63, 3.8) is 0 Å². The summed E-state index contributed by atoms with van der Waals surface area (Å²) >= 11 is 6.11. The van der Waals surface area contributed by atoms with Crippen LogP contribution in [-0.4, -0.2) is 15.5 Å². The summed E-state index contributed by atoms with van der Waals surface area (Å²) in [4.78, 5) is 10.2. The van der Waals surface area contributed by atoms with Gasteiger partial charge in [0.25, 0.3) is 5.69 Å². The Morgan fingerprint density at radius 1 is 1.45 bits per heavy atom. The Bertz CT molecular complexity index is 623. The number of nitrogens with two attached hydrogens (primary N) is 1. The Morgan fingerprint density at radius 2 is 2.20 bits per heavy atom. The third-order valence-corrected chi connectivity index (χ3v) is 3.39. The van der Waals surface area contributed by atoms with Crippen LogP contribution in [0.3, 0.4) is 0 Å². The standard InChI is InChI=1S/C14H16ClN3O2/c1-10(16)7-12-3-2-6-17(12)9-11-4-5-13(18(19)20)8-14(11)15/h2-6,8,10H,7,9,16H2,1H3. The van der Waals surface area contributed by atoms with E-state index in [-0.39, 0.29) is 11.7 Å². The van der Waals surface area contributed by atoms with Crippen molar-refractivity contribution in [3.05, 3.63) is 62.9 Å². The van der Waals surface area contributed by atoms with Crippen LogP contribution in [0, 0.1) is 10.1 Å². The van der Waals surface area contributed by atoms with Gasteiger partial charge in [0.2, 0.25) is 0 Å². The molecular weight excluding hydrogens is 278 g/mol. The Kier molecular flexibility index (Phi) is 4.42. The second kappa shape index (κ2) is 6.07. The quantitative estimate of drug-likeness (QED) is 0.680. The molecular formula is C14H16ClN3O2. The molecule has 0 fully saturated rings. The molecule has 2 aromatic rings. The van der Waals surface area contributed by atoms with E-state index in [1.54, 1.807) is 6.07 Å². The van der Waals surface area contributed by atoms with Crippen LogP contribution in [-0.2, 0) is 13.0 Å². The van der Waals surface area contributed by atoms with Gasteiger partial charge in [0.1, 0.15) is 0 Å². The van der Waals surface area contributed by atoms with Crippen LogP contribution >= 0.6 is 11.6 Å². The molecule has 0 bridgehead atoms. The van der Waals surface area contributed by atoms with Gasteiger partial charge in [-0.3, -0.25) is 10.1 Å². The van der Waals surface area contributed by atoms with Gasteiger partial charge in [-0.1, -0.05) is 11.6 Å². The highest BCUT2D eigenvalue weighted by Gasteiger charge is 2.11. The lowest BCUT2D eigenvalue weighted by molar-refractivity contribution is -0.384. The maximum Gasteiger partial charge on any atom is 0.270 e. The molecule has 0 radical (unpaired) electrons. The van der Waals surface area contributed by atoms with Crippen molar-refractivity contribution < 1.29 is 4.92 Å². The van der Waals surface area contributed by atoms with Crippen LogP contribution in [0.1, 0.15) is 18.2 Å². The molecule has 0 saturated heterocycles. The summed E-state index contributed by atoms with van der Waals surface area (Å²) in [6, 6.07) is 8.59. The van der Waals surface area contributed by atoms with Crippen LogP contribution in [0.4, 0.5) is 5.69 Å². The molecule has 0 spiro atoms. The molecule has 0 aliphatic heterocycles. The van der Waals surface area contributed by atoms with Crippen molar-refractivity contribution in [2.45, 2.75) is 25.9 Å². The smallest absolute Gasteiger partial charge is 0.270 e. The predicted molar refractivity (Wildman–Crippen MR) is 79.0 cm³/mol. The minimum atomic E-state index is -0.452. The topological polar surface area (TPSA) is 74.1 Å². The Labute approximate surface area is 122 Å². The minimum absolute atomic E-state index is 0.00191. The molecule has 5 nitrogen and oxygen atoms in total. The zero-order valence-electron chi connectivity index (χ0n) is 11.1. The molecule has 2 rings (SSSR count). The summed E-state index contributed by atoms with van der Waals surface area (Å²) in [6.45, 7) is 2.53. The van der Waals surface area contributed by atoms with Gasteiger partial charge in [-0.2, -0.15) is 0 Å². The highest BCUT2D eigenvalue weighted by atomic mass is 35.5. The summed E-state index contributed by atoms with van der Waals surface area (Å²) in [5.41, 5.74) is 7.78. The van der Waals surface area contributed by atoms with E-state index >= 15 is 0 Å². The Hall–Kier alpha value is -1.85. The summed E-state index contributed by atoms with van der Waals surface area (Å²) in [5.74, 6) is 0. The summed E-state index contributed by atoms with van der Waals surface area (Å²) in [5, 5.41) is 11.1. The number of hydrogen-bond acceptors (Lipinski definition) is 3. The highest BCUT2D eigenvalue weighted by molar-refractivity contribution is 6.31. The van der Waals surface area contributed by atoms with E-state index < -0.39 is 4.92 Å². The van der Waals surface area contributed by atoms with Gasteiger partial charge in [0.15, 0.2) is 0 Å². The molecule has 0 aliphatic carbocycles. The van der Waals surface area contributed by atoms with Crippen molar-refractivity contribution in [2.24, 2.45) is 5.73 Å². The second-order valence-corrected chi connectivity index (χ2v) is 5.25. The SMILES string of the molecule is CC(N)Cc1cccn1Cc1ccc([N+](=O)[O-])cc1Cl. The monoisotopic (exact) mass is 293 g/mol. The molecule has 1 heterocycles. The zero-order valence-corrected chi connectivity index (χ0v) is 11.9. The number of non-ortho nitro benzene ring substituents is 1. The summed E-state index contributed by atoms with van der Waals surface area (Å²) < 4.78 is 2.05. The van der Waals surface area contributed by atoms with Crippen LogP contribution in [0.25, 0.3) is 0 Å². The highest BCUT2D eigenvalue weighted by Crippen LogP contribution is 2.23. The lowest BCUT2D eigenvalue weighted by Gasteiger charge is -2.12. The fourth-order valence-corrected chi connectivity index (χ4v) is 2.31. The number of benzene rings is 1. The van der Waals surface area contributed by atoms with Crippen molar-refractivity contribution >= 4 is 17.3 Å². The molecule has 0 amide bonds. The van der Waals surface area contributed by atoms with Gasteiger partial charge in [0.05, 0.1) is 9.95 Å². The number of aromatic nitrogens is 1. The molecule has 1 aromatic carbocycles. The van der Waals surface area contributed by atoms with Crippen molar-refractivity contribution in [3.8, 4) is 0 Å². The third-order valence-electron chi connectivity index (χ3n) is 3.04. The molecule has 106 valence electrons. The molecule has 6 heteroatoms. The summed E-state index contributed by atoms with van der Waals surface area (Å²) in [6.07, 6.45) is 2.73. The van der Waals surface area contributed by atoms with Crippen molar-refractivity contribution in [1.29, 1.82) is 0 Å². The van der Waals surface area contributed by atoms with Gasteiger partial charge in [-0.15, -0.1) is 0 Å². The lowest BCUT2D eigenvalue weighted by Crippen LogP contribution is -2.20. The number of nitrogens with zero attached hydrogens (tertiary/aromatic N) is 2. The number of nitro groups is 1. The first-order valence-electron chi connectivity index (χ1n) is 6.30. The molecule has 1 atom stereocenters. The van der Waals surface area contributed by atoms with Crippen molar-refractivity contribution in [1.82, 2.24) is 4.57 Å². The van der Waals surface area contributed by atoms with Crippen LogP contribution < -0.4 is 5.73 Å². The van der Waals surface area contributed by atoms with E-state index in [1.165, 1.54) is 12.1 Å². The molecule has 2 N–H and O–H groups in total. The Balaban J connectivity index is 2.22. The molecule has 0 saturated carbocycles. The molecule has 1 unspecified atom stereocenters. The third kappa shape index (κ3) is 3.37. The fraction of sp³-hybridized carbons (Fsp3) is 0.286. The molecule has 1 aromatic heterocycles. The molecule has 20 heavy (non-hydrogen) atoms. The molecule has 0 aliphatic rings. The number of nitro benzene ring substituents is 1. The van der Waals surface area contributed by atoms with E-state index in [0.29, 0.717) is 11.6 Å². The first-order valence-corrected chi connectivity index (χ1v) is 6.67. The zero-order chi connectivity index (χ0) is 14.7. The maximum atomic E-state index is 10.7. The number of hydrogen-bond donors (Lipinski definition) is 1. The van der Waals surface area contributed by atoms with Gasteiger partial charge in [-0.05, 0) is 30.7 Å². The first-order chi connectivity index (χ1) is 9.47. The Morgan fingerprint density at radius 3 is 2.80 bits per heavy atom. The van der Waals surface area contributed by atoms with Gasteiger partial charge < -0.3 is 10.3 Å². The average molecular weight is 294 g/mol. The maximum absolute atomic E-state index is 10.7. The van der Waals surface area contributed by atoms with E-state index in [9.17, 15) is 10.1 Å². The van der Waals surface area contributed by atoms with Crippen LogP contribution in [0.15, 0.2) is 36.5 Å². The van der Waals surface area contributed by atoms with Gasteiger partial charge in [0, 0.05) is 43.0 Å². The van der Waals surface area contributed by atoms with Gasteiger partial charge >= 0.3 is 0 Å². The van der Waals surface area contributed by atoms with E-state index in [1.807, 2.05) is 25.3 Å². The van der Waals surface area contributed by atoms with Crippen LogP contribution in [0.2, 0.25) is 5.02 Å². The first kappa shape index (κ1) is 14.6. The summed E-state index contributed by atoms with van der Waals surface area (Å²) in [7, 11) is 0. The fourth-order valence-electron chi connectivity index (χ4n) is 2.08. The van der Waals surface area contributed by atoms with Crippen molar-refractivity contribution in [2.75, 3.05) is 0 Å².